The van der Waals surface area contributed by atoms with Crippen LogP contribution in [0.3, 0.4) is 0 Å². The van der Waals surface area contributed by atoms with E-state index in [0.717, 1.165) is 13.2 Å². The molecule has 0 spiro atoms. The molecule has 0 fully saturated rings. The molecule has 0 aromatic carbocycles. The topological polar surface area (TPSA) is 26.3 Å². The minimum atomic E-state index is -3.48. The first kappa shape index (κ1) is 9.07. The number of ether oxygens (including phenoxy) is 1. The number of esters is 1. The second-order valence-corrected chi connectivity index (χ2v) is 1.61. The van der Waals surface area contributed by atoms with Crippen molar-refractivity contribution in [2.75, 3.05) is 7.11 Å². The van der Waals surface area contributed by atoms with Gasteiger partial charge in [-0.2, -0.15) is 8.78 Å². The van der Waals surface area contributed by atoms with E-state index in [9.17, 15) is 13.6 Å². The molecular formula is C6H8F2O2. The van der Waals surface area contributed by atoms with Crippen LogP contribution in [0.2, 0.25) is 0 Å². The Labute approximate surface area is 57.5 Å². The van der Waals surface area contributed by atoms with Crippen LogP contribution in [0.4, 0.5) is 8.78 Å². The summed E-state index contributed by atoms with van der Waals surface area (Å²) in [6.07, 6.45) is 1.58. The lowest BCUT2D eigenvalue weighted by Crippen LogP contribution is -2.27. The summed E-state index contributed by atoms with van der Waals surface area (Å²) >= 11 is 0. The molecule has 0 rings (SSSR count). The summed E-state index contributed by atoms with van der Waals surface area (Å²) in [5.41, 5.74) is 0. The van der Waals surface area contributed by atoms with Gasteiger partial charge in [-0.3, -0.25) is 0 Å². The van der Waals surface area contributed by atoms with E-state index in [1.165, 1.54) is 6.92 Å². The fourth-order valence-electron chi connectivity index (χ4n) is 0.413. The van der Waals surface area contributed by atoms with Crippen LogP contribution in [0.5, 0.6) is 0 Å². The molecule has 4 heteroatoms. The Morgan fingerprint density at radius 2 is 2.10 bits per heavy atom. The van der Waals surface area contributed by atoms with Crippen molar-refractivity contribution in [1.82, 2.24) is 0 Å². The van der Waals surface area contributed by atoms with E-state index in [1.807, 2.05) is 0 Å². The predicted molar refractivity (Wildman–Crippen MR) is 31.8 cm³/mol. The molecule has 0 unspecified atom stereocenters. The van der Waals surface area contributed by atoms with Gasteiger partial charge < -0.3 is 4.74 Å². The first-order valence-electron chi connectivity index (χ1n) is 2.64. The molecule has 0 aliphatic heterocycles. The van der Waals surface area contributed by atoms with Crippen LogP contribution >= 0.6 is 0 Å². The molecule has 0 aliphatic rings. The number of hydrogen-bond acceptors (Lipinski definition) is 2. The van der Waals surface area contributed by atoms with Gasteiger partial charge in [-0.05, 0) is 13.0 Å². The molecule has 0 N–H and O–H groups in total. The molecule has 0 saturated heterocycles. The molecule has 0 amide bonds. The Kier molecular flexibility index (Phi) is 2.99. The molecule has 0 radical (unpaired) electrons. The van der Waals surface area contributed by atoms with Gasteiger partial charge >= 0.3 is 11.9 Å². The van der Waals surface area contributed by atoms with Crippen molar-refractivity contribution in [3.05, 3.63) is 12.2 Å². The fraction of sp³-hybridized carbons (Fsp3) is 0.500. The zero-order chi connectivity index (χ0) is 8.20. The Morgan fingerprint density at radius 1 is 1.60 bits per heavy atom. The smallest absolute Gasteiger partial charge is 0.381 e. The third kappa shape index (κ3) is 2.13. The average Bonchev–Trinajstić information content (AvgIpc) is 1.86. The van der Waals surface area contributed by atoms with Crippen LogP contribution in [0.15, 0.2) is 12.2 Å². The highest BCUT2D eigenvalue weighted by Gasteiger charge is 2.36. The molecule has 10 heavy (non-hydrogen) atoms. The van der Waals surface area contributed by atoms with Crippen molar-refractivity contribution in [3.63, 3.8) is 0 Å². The van der Waals surface area contributed by atoms with E-state index in [1.54, 1.807) is 0 Å². The van der Waals surface area contributed by atoms with Crippen molar-refractivity contribution >= 4 is 5.97 Å². The Morgan fingerprint density at radius 3 is 2.40 bits per heavy atom. The molecule has 0 aromatic rings. The van der Waals surface area contributed by atoms with Gasteiger partial charge in [0, 0.05) is 0 Å². The highest BCUT2D eigenvalue weighted by atomic mass is 19.3. The molecule has 58 valence electrons. The summed E-state index contributed by atoms with van der Waals surface area (Å²) in [6.45, 7) is 1.40. The van der Waals surface area contributed by atoms with E-state index >= 15 is 0 Å². The standard InChI is InChI=1S/C6H8F2O2/c1-3-4-6(7,8)5(9)10-2/h3-4H,1-2H3/b4-3+. The largest absolute Gasteiger partial charge is 0.464 e. The summed E-state index contributed by atoms with van der Waals surface area (Å²) in [5, 5.41) is 0. The average molecular weight is 150 g/mol. The molecule has 0 aromatic heterocycles. The maximum absolute atomic E-state index is 12.3. The summed E-state index contributed by atoms with van der Waals surface area (Å²) in [7, 11) is 0.916. The summed E-state index contributed by atoms with van der Waals surface area (Å²) in [4.78, 5) is 10.2. The summed E-state index contributed by atoms with van der Waals surface area (Å²) < 4.78 is 28.3. The normalized spacial score (nSPS) is 12.0. The van der Waals surface area contributed by atoms with Crippen molar-refractivity contribution in [3.8, 4) is 0 Å². The van der Waals surface area contributed by atoms with Crippen molar-refractivity contribution in [1.29, 1.82) is 0 Å². The monoisotopic (exact) mass is 150 g/mol. The third-order valence-electron chi connectivity index (χ3n) is 0.834. The van der Waals surface area contributed by atoms with Crippen LogP contribution in [0, 0.1) is 0 Å². The number of rotatable bonds is 2. The maximum Gasteiger partial charge on any atom is 0.381 e. The molecule has 0 heterocycles. The summed E-state index contributed by atoms with van der Waals surface area (Å²) in [5.74, 6) is -5.02. The van der Waals surface area contributed by atoms with Gasteiger partial charge in [0.2, 0.25) is 0 Å². The molecule has 0 bridgehead atoms. The van der Waals surface area contributed by atoms with Gasteiger partial charge in [0.25, 0.3) is 0 Å². The number of alkyl halides is 2. The third-order valence-corrected chi connectivity index (χ3v) is 0.834. The predicted octanol–water partition coefficient (Wildman–Crippen LogP) is 1.37. The van der Waals surface area contributed by atoms with Gasteiger partial charge in [0.05, 0.1) is 7.11 Å². The first-order chi connectivity index (χ1) is 4.54. The quantitative estimate of drug-likeness (QED) is 0.439. The highest BCUT2D eigenvalue weighted by molar-refractivity contribution is 5.79. The molecule has 0 saturated carbocycles. The Hall–Kier alpha value is -0.930. The maximum atomic E-state index is 12.3. The number of carbonyl (C=O) groups excluding carboxylic acids is 1. The lowest BCUT2D eigenvalue weighted by atomic mass is 10.3. The zero-order valence-electron chi connectivity index (χ0n) is 5.73. The van der Waals surface area contributed by atoms with Crippen LogP contribution in [0.25, 0.3) is 0 Å². The van der Waals surface area contributed by atoms with Gasteiger partial charge in [-0.15, -0.1) is 0 Å². The lowest BCUT2D eigenvalue weighted by molar-refractivity contribution is -0.161. The van der Waals surface area contributed by atoms with Gasteiger partial charge in [-0.25, -0.2) is 4.79 Å². The number of allylic oxidation sites excluding steroid dienone is 1. The first-order valence-corrected chi connectivity index (χ1v) is 2.64. The lowest BCUT2D eigenvalue weighted by Gasteiger charge is -2.06. The number of methoxy groups -OCH3 is 1. The van der Waals surface area contributed by atoms with Crippen LogP contribution < -0.4 is 0 Å². The zero-order valence-corrected chi connectivity index (χ0v) is 5.73. The van der Waals surface area contributed by atoms with E-state index in [0.29, 0.717) is 6.08 Å². The van der Waals surface area contributed by atoms with E-state index in [-0.39, 0.29) is 0 Å². The van der Waals surface area contributed by atoms with Gasteiger partial charge in [0.1, 0.15) is 0 Å². The minimum absolute atomic E-state index is 0.485. The minimum Gasteiger partial charge on any atom is -0.464 e. The molecular weight excluding hydrogens is 142 g/mol. The highest BCUT2D eigenvalue weighted by Crippen LogP contribution is 2.16. The SMILES string of the molecule is C/C=C/C(F)(F)C(=O)OC. The van der Waals surface area contributed by atoms with E-state index in [2.05, 4.69) is 4.74 Å². The number of carbonyl (C=O) groups is 1. The van der Waals surface area contributed by atoms with Gasteiger partial charge in [0.15, 0.2) is 0 Å². The van der Waals surface area contributed by atoms with Crippen LogP contribution in [-0.2, 0) is 9.53 Å². The number of halogens is 2. The van der Waals surface area contributed by atoms with Crippen LogP contribution in [0.1, 0.15) is 6.92 Å². The van der Waals surface area contributed by atoms with Crippen molar-refractivity contribution < 1.29 is 18.3 Å². The Bertz CT molecular complexity index is 152. The second-order valence-electron chi connectivity index (χ2n) is 1.61. The molecule has 0 aliphatic carbocycles. The fourth-order valence-corrected chi connectivity index (χ4v) is 0.413. The van der Waals surface area contributed by atoms with Gasteiger partial charge in [-0.1, -0.05) is 6.08 Å². The van der Waals surface area contributed by atoms with E-state index < -0.39 is 11.9 Å². The molecule has 2 nitrogen and oxygen atoms in total. The van der Waals surface area contributed by atoms with Crippen molar-refractivity contribution in [2.24, 2.45) is 0 Å². The molecule has 0 atom stereocenters. The van der Waals surface area contributed by atoms with Crippen LogP contribution in [-0.4, -0.2) is 19.0 Å². The van der Waals surface area contributed by atoms with Crippen molar-refractivity contribution in [2.45, 2.75) is 12.8 Å². The summed E-state index contributed by atoms with van der Waals surface area (Å²) in [6, 6.07) is 0. The van der Waals surface area contributed by atoms with E-state index in [4.69, 9.17) is 0 Å². The second kappa shape index (κ2) is 3.29. The Balaban J connectivity index is 4.24. The number of hydrogen-bond donors (Lipinski definition) is 0.